The van der Waals surface area contributed by atoms with Crippen molar-refractivity contribution in [1.29, 1.82) is 0 Å². The van der Waals surface area contributed by atoms with Crippen molar-refractivity contribution in [2.75, 3.05) is 14.2 Å². The second-order valence-corrected chi connectivity index (χ2v) is 7.58. The number of hydrogen-bond acceptors (Lipinski definition) is 3. The van der Waals surface area contributed by atoms with Gasteiger partial charge in [0.2, 0.25) is 0 Å². The number of hydrogen-bond donors (Lipinski definition) is 0. The molecule has 0 amide bonds. The lowest BCUT2D eigenvalue weighted by Gasteiger charge is -2.39. The van der Waals surface area contributed by atoms with Crippen LogP contribution in [0.5, 0.6) is 0 Å². The zero-order valence-electron chi connectivity index (χ0n) is 13.6. The van der Waals surface area contributed by atoms with Gasteiger partial charge in [-0.1, -0.05) is 36.2 Å². The van der Waals surface area contributed by atoms with E-state index in [1.54, 1.807) is 13.2 Å². The Morgan fingerprint density at radius 1 is 1.13 bits per heavy atom. The minimum Gasteiger partial charge on any atom is -0.469 e. The Morgan fingerprint density at radius 3 is 2.48 bits per heavy atom. The van der Waals surface area contributed by atoms with Gasteiger partial charge in [0, 0.05) is 7.11 Å². The highest BCUT2D eigenvalue weighted by atomic mass is 35.5. The molecular weight excluding hydrogens is 335 g/mol. The molecule has 3 nitrogen and oxygen atoms in total. The molecule has 2 saturated carbocycles. The Bertz CT molecular complexity index is 604. The molecule has 0 saturated heterocycles. The average Bonchev–Trinajstić information content (AvgIpc) is 2.75. The molecule has 6 atom stereocenters. The maximum atomic E-state index is 12.5. The quantitative estimate of drug-likeness (QED) is 0.744. The summed E-state index contributed by atoms with van der Waals surface area (Å²) in [5.74, 6) is 1.03. The highest BCUT2D eigenvalue weighted by Gasteiger charge is 2.54. The number of rotatable bonds is 3. The predicted octanol–water partition coefficient (Wildman–Crippen LogP) is 4.56. The summed E-state index contributed by atoms with van der Waals surface area (Å²) in [4.78, 5) is 12.5. The number of halogens is 2. The smallest absolute Gasteiger partial charge is 0.309 e. The highest BCUT2D eigenvalue weighted by molar-refractivity contribution is 6.42. The first kappa shape index (κ1) is 17.1. The molecule has 2 fully saturated rings. The first-order valence-corrected chi connectivity index (χ1v) is 8.79. The molecule has 3 rings (SSSR count). The minimum atomic E-state index is -0.149. The van der Waals surface area contributed by atoms with Crippen LogP contribution in [-0.2, 0) is 14.3 Å². The van der Waals surface area contributed by atoms with E-state index in [-0.39, 0.29) is 29.8 Å². The van der Waals surface area contributed by atoms with E-state index in [4.69, 9.17) is 32.7 Å². The van der Waals surface area contributed by atoms with Crippen LogP contribution < -0.4 is 0 Å². The summed E-state index contributed by atoms with van der Waals surface area (Å²) in [7, 11) is 3.23. The topological polar surface area (TPSA) is 35.5 Å². The first-order chi connectivity index (χ1) is 11.0. The monoisotopic (exact) mass is 356 g/mol. The van der Waals surface area contributed by atoms with Crippen LogP contribution in [0.3, 0.4) is 0 Å². The van der Waals surface area contributed by atoms with Gasteiger partial charge in [-0.25, -0.2) is 0 Å². The molecule has 1 aromatic carbocycles. The normalized spacial score (nSPS) is 36.0. The fraction of sp³-hybridized carbons (Fsp3) is 0.611. The van der Waals surface area contributed by atoms with E-state index < -0.39 is 0 Å². The lowest BCUT2D eigenvalue weighted by atomic mass is 9.65. The molecule has 23 heavy (non-hydrogen) atoms. The van der Waals surface area contributed by atoms with Crippen molar-refractivity contribution < 1.29 is 14.3 Å². The summed E-state index contributed by atoms with van der Waals surface area (Å²) >= 11 is 12.2. The maximum Gasteiger partial charge on any atom is 0.309 e. The van der Waals surface area contributed by atoms with Crippen LogP contribution in [0.2, 0.25) is 10.0 Å². The fourth-order valence-electron chi connectivity index (χ4n) is 4.72. The van der Waals surface area contributed by atoms with Gasteiger partial charge in [-0.05, 0) is 54.2 Å². The van der Waals surface area contributed by atoms with E-state index in [2.05, 4.69) is 6.92 Å². The lowest BCUT2D eigenvalue weighted by Crippen LogP contribution is -2.38. The third kappa shape index (κ3) is 2.88. The van der Waals surface area contributed by atoms with Gasteiger partial charge in [0.25, 0.3) is 0 Å². The number of carbonyl (C=O) groups is 1. The van der Waals surface area contributed by atoms with Crippen LogP contribution in [0.4, 0.5) is 0 Å². The van der Waals surface area contributed by atoms with E-state index in [9.17, 15) is 4.79 Å². The third-order valence-corrected chi connectivity index (χ3v) is 6.64. The molecule has 1 unspecified atom stereocenters. The van der Waals surface area contributed by atoms with Gasteiger partial charge in [-0.15, -0.1) is 0 Å². The molecule has 0 radical (unpaired) electrons. The number of benzene rings is 1. The molecule has 0 spiro atoms. The molecule has 2 aliphatic rings. The van der Waals surface area contributed by atoms with Crippen molar-refractivity contribution in [3.8, 4) is 0 Å². The van der Waals surface area contributed by atoms with Crippen LogP contribution in [0, 0.1) is 23.7 Å². The van der Waals surface area contributed by atoms with Crippen LogP contribution in [0.25, 0.3) is 0 Å². The third-order valence-electron chi connectivity index (χ3n) is 5.90. The van der Waals surface area contributed by atoms with Gasteiger partial charge in [-0.3, -0.25) is 4.79 Å². The largest absolute Gasteiger partial charge is 0.469 e. The molecular formula is C18H22Cl2O3. The maximum absolute atomic E-state index is 12.5. The van der Waals surface area contributed by atoms with Gasteiger partial charge in [0.1, 0.15) is 0 Å². The van der Waals surface area contributed by atoms with Crippen molar-refractivity contribution >= 4 is 29.2 Å². The Labute approximate surface area is 147 Å². The first-order valence-electron chi connectivity index (χ1n) is 8.03. The molecule has 0 aromatic heterocycles. The molecule has 0 heterocycles. The van der Waals surface area contributed by atoms with E-state index >= 15 is 0 Å². The van der Waals surface area contributed by atoms with Crippen LogP contribution in [-0.4, -0.2) is 26.3 Å². The highest BCUT2D eigenvalue weighted by Crippen LogP contribution is 2.56. The summed E-state index contributed by atoms with van der Waals surface area (Å²) in [6, 6.07) is 5.68. The SMILES string of the molecule is COC(=O)[C@H]1[C@@H](c2ccc(Cl)c(Cl)c2)C[C@H]2C(C)[C@@H]1C[C@@H]2OC. The Hall–Kier alpha value is -0.770. The zero-order chi connectivity index (χ0) is 16.7. The van der Waals surface area contributed by atoms with Crippen molar-refractivity contribution in [3.63, 3.8) is 0 Å². The van der Waals surface area contributed by atoms with Crippen molar-refractivity contribution in [3.05, 3.63) is 33.8 Å². The summed E-state index contributed by atoms with van der Waals surface area (Å²) in [6.45, 7) is 2.23. The molecule has 126 valence electrons. The Balaban J connectivity index is 2.00. The van der Waals surface area contributed by atoms with E-state index in [0.29, 0.717) is 21.9 Å². The second-order valence-electron chi connectivity index (χ2n) is 6.76. The van der Waals surface area contributed by atoms with Gasteiger partial charge in [-0.2, -0.15) is 0 Å². The average molecular weight is 357 g/mol. The number of esters is 1. The molecule has 1 aromatic rings. The number of carbonyl (C=O) groups excluding carboxylic acids is 1. The summed E-state index contributed by atoms with van der Waals surface area (Å²) in [5, 5.41) is 1.06. The molecule has 2 bridgehead atoms. The fourth-order valence-corrected chi connectivity index (χ4v) is 5.03. The van der Waals surface area contributed by atoms with Crippen molar-refractivity contribution in [2.45, 2.75) is 31.8 Å². The Morgan fingerprint density at radius 2 is 1.87 bits per heavy atom. The van der Waals surface area contributed by atoms with Crippen LogP contribution in [0.15, 0.2) is 18.2 Å². The molecule has 0 N–H and O–H groups in total. The van der Waals surface area contributed by atoms with E-state index in [1.165, 1.54) is 7.11 Å². The van der Waals surface area contributed by atoms with Crippen LogP contribution in [0.1, 0.15) is 31.2 Å². The van der Waals surface area contributed by atoms with Gasteiger partial charge < -0.3 is 9.47 Å². The minimum absolute atomic E-state index is 0.101. The summed E-state index contributed by atoms with van der Waals surface area (Å²) in [5.41, 5.74) is 1.06. The Kier molecular flexibility index (Phi) is 4.91. The summed E-state index contributed by atoms with van der Waals surface area (Å²) < 4.78 is 10.8. The predicted molar refractivity (Wildman–Crippen MR) is 90.9 cm³/mol. The second kappa shape index (κ2) is 6.62. The molecule has 5 heteroatoms. The van der Waals surface area contributed by atoms with Gasteiger partial charge in [0.15, 0.2) is 0 Å². The molecule has 2 aliphatic carbocycles. The number of ether oxygens (including phenoxy) is 2. The van der Waals surface area contributed by atoms with E-state index in [1.807, 2.05) is 12.1 Å². The standard InChI is InChI=1S/C18H22Cl2O3/c1-9-11-7-13(10-4-5-14(19)15(20)6-10)17(18(21)23-3)12(9)8-16(11)22-2/h4-6,9,11-13,16-17H,7-8H2,1-3H3/t9?,11-,12-,13+,16-,17+/m0/s1. The number of methoxy groups -OCH3 is 2. The van der Waals surface area contributed by atoms with Gasteiger partial charge in [0.05, 0.1) is 29.2 Å². The van der Waals surface area contributed by atoms with E-state index in [0.717, 1.165) is 18.4 Å². The zero-order valence-corrected chi connectivity index (χ0v) is 15.1. The summed E-state index contributed by atoms with van der Waals surface area (Å²) in [6.07, 6.45) is 2.04. The van der Waals surface area contributed by atoms with Crippen LogP contribution >= 0.6 is 23.2 Å². The number of fused-ring (bicyclic) bond motifs is 2. The van der Waals surface area contributed by atoms with Gasteiger partial charge >= 0.3 is 5.97 Å². The van der Waals surface area contributed by atoms with Crippen molar-refractivity contribution in [1.82, 2.24) is 0 Å². The van der Waals surface area contributed by atoms with Crippen molar-refractivity contribution in [2.24, 2.45) is 23.7 Å². The lowest BCUT2D eigenvalue weighted by molar-refractivity contribution is -0.150. The molecule has 0 aliphatic heterocycles.